The van der Waals surface area contributed by atoms with Crippen molar-refractivity contribution in [1.29, 1.82) is 0 Å². The van der Waals surface area contributed by atoms with Gasteiger partial charge in [0, 0.05) is 30.7 Å². The van der Waals surface area contributed by atoms with E-state index in [1.807, 2.05) is 29.2 Å². The lowest BCUT2D eigenvalue weighted by atomic mass is 9.98. The van der Waals surface area contributed by atoms with Crippen molar-refractivity contribution in [3.63, 3.8) is 0 Å². The highest BCUT2D eigenvalue weighted by atomic mass is 79.9. The first-order chi connectivity index (χ1) is 15.8. The van der Waals surface area contributed by atoms with E-state index >= 15 is 0 Å². The van der Waals surface area contributed by atoms with Crippen molar-refractivity contribution in [2.75, 3.05) is 31.1 Å². The molecule has 1 saturated carbocycles. The molecule has 1 aromatic heterocycles. The van der Waals surface area contributed by atoms with Gasteiger partial charge in [0.2, 0.25) is 15.8 Å². The van der Waals surface area contributed by atoms with Gasteiger partial charge in [-0.1, -0.05) is 28.4 Å². The maximum absolute atomic E-state index is 13.6. The minimum atomic E-state index is -3.30. The van der Waals surface area contributed by atoms with Crippen LogP contribution in [0.2, 0.25) is 0 Å². The van der Waals surface area contributed by atoms with E-state index in [2.05, 4.69) is 21.0 Å². The van der Waals surface area contributed by atoms with Gasteiger partial charge in [-0.15, -0.1) is 0 Å². The fourth-order valence-corrected chi connectivity index (χ4v) is 6.04. The third-order valence-electron chi connectivity index (χ3n) is 6.34. The van der Waals surface area contributed by atoms with Gasteiger partial charge in [-0.05, 0) is 57.7 Å². The molecule has 4 rings (SSSR count). The van der Waals surface area contributed by atoms with E-state index in [0.29, 0.717) is 43.3 Å². The Morgan fingerprint density at radius 2 is 1.79 bits per heavy atom. The Morgan fingerprint density at radius 1 is 1.09 bits per heavy atom. The van der Waals surface area contributed by atoms with Crippen molar-refractivity contribution in [3.8, 4) is 11.4 Å². The number of nitrogens with zero attached hydrogens (tertiary/aromatic N) is 4. The molecule has 0 spiro atoms. The smallest absolute Gasteiger partial charge is 0.316 e. The molecule has 0 amide bonds. The van der Waals surface area contributed by atoms with Crippen molar-refractivity contribution in [1.82, 2.24) is 14.1 Å². The maximum atomic E-state index is 13.6. The molecule has 10 heteroatoms. The van der Waals surface area contributed by atoms with E-state index in [9.17, 15) is 13.2 Å². The Hall–Kier alpha value is -1.91. The van der Waals surface area contributed by atoms with Gasteiger partial charge in [0.05, 0.1) is 23.2 Å². The van der Waals surface area contributed by atoms with Crippen LogP contribution in [0.4, 0.5) is 5.69 Å². The molecule has 8 nitrogen and oxygen atoms in total. The van der Waals surface area contributed by atoms with Gasteiger partial charge in [0.15, 0.2) is 0 Å². The first kappa shape index (κ1) is 24.2. The highest BCUT2D eigenvalue weighted by molar-refractivity contribution is 9.10. The summed E-state index contributed by atoms with van der Waals surface area (Å²) >= 11 is 3.45. The molecule has 2 heterocycles. The molecule has 0 atom stereocenters. The first-order valence-electron chi connectivity index (χ1n) is 11.6. The summed E-state index contributed by atoms with van der Waals surface area (Å²) in [6.07, 6.45) is 6.92. The van der Waals surface area contributed by atoms with Gasteiger partial charge in [-0.3, -0.25) is 4.79 Å². The summed E-state index contributed by atoms with van der Waals surface area (Å²) in [5, 5.41) is 3.99. The maximum Gasteiger partial charge on any atom is 0.316 e. The molecular weight excluding hydrogens is 508 g/mol. The highest BCUT2D eigenvalue weighted by Gasteiger charge is 2.31. The molecule has 0 bridgehead atoms. The number of piperazine rings is 1. The summed E-state index contributed by atoms with van der Waals surface area (Å²) < 4.78 is 35.2. The average molecular weight is 539 g/mol. The zero-order valence-electron chi connectivity index (χ0n) is 19.1. The molecule has 2 fully saturated rings. The normalized spacial score (nSPS) is 18.6. The van der Waals surface area contributed by atoms with Crippen LogP contribution in [0.1, 0.15) is 46.0 Å². The molecule has 1 aromatic carbocycles. The largest absolute Gasteiger partial charge is 0.483 e. The Labute approximate surface area is 203 Å². The van der Waals surface area contributed by atoms with Crippen LogP contribution in [0.15, 0.2) is 39.7 Å². The number of aromatic nitrogens is 2. The van der Waals surface area contributed by atoms with Crippen LogP contribution in [0.25, 0.3) is 5.69 Å². The lowest BCUT2D eigenvalue weighted by Crippen LogP contribution is -2.50. The van der Waals surface area contributed by atoms with Gasteiger partial charge in [-0.25, -0.2) is 8.42 Å². The summed E-state index contributed by atoms with van der Waals surface area (Å²) in [6, 6.07) is 7.43. The third kappa shape index (κ3) is 5.27. The predicted octanol–water partition coefficient (Wildman–Crippen LogP) is 3.57. The van der Waals surface area contributed by atoms with E-state index in [4.69, 9.17) is 4.74 Å². The summed E-state index contributed by atoms with van der Waals surface area (Å²) in [5.41, 5.74) is 0.995. The number of ether oxygens (including phenoxy) is 1. The number of halogens is 1. The Bertz CT molecular complexity index is 1140. The molecule has 1 saturated heterocycles. The molecule has 180 valence electrons. The lowest BCUT2D eigenvalue weighted by molar-refractivity contribution is 0.152. The number of sulfonamides is 1. The summed E-state index contributed by atoms with van der Waals surface area (Å²) in [5.74, 6) is 0.303. The quantitative estimate of drug-likeness (QED) is 0.558. The second-order valence-electron chi connectivity index (χ2n) is 8.91. The van der Waals surface area contributed by atoms with Crippen molar-refractivity contribution in [3.05, 3.63) is 45.3 Å². The van der Waals surface area contributed by atoms with Gasteiger partial charge in [-0.2, -0.15) is 14.1 Å². The van der Waals surface area contributed by atoms with E-state index < -0.39 is 15.3 Å². The van der Waals surface area contributed by atoms with E-state index in [0.717, 1.165) is 30.2 Å². The number of anilines is 1. The lowest BCUT2D eigenvalue weighted by Gasteiger charge is -2.36. The van der Waals surface area contributed by atoms with E-state index in [1.54, 1.807) is 20.0 Å². The summed E-state index contributed by atoms with van der Waals surface area (Å²) in [4.78, 5) is 15.6. The van der Waals surface area contributed by atoms with Gasteiger partial charge >= 0.3 is 5.56 Å². The summed E-state index contributed by atoms with van der Waals surface area (Å²) in [6.45, 7) is 5.10. The molecular formula is C23H31BrN4O4S. The topological polar surface area (TPSA) is 84.7 Å². The molecule has 2 aliphatic rings. The second-order valence-corrected chi connectivity index (χ2v) is 12.3. The van der Waals surface area contributed by atoms with Crippen LogP contribution in [0.5, 0.6) is 5.75 Å². The third-order valence-corrected chi connectivity index (χ3v) is 9.11. The van der Waals surface area contributed by atoms with Crippen molar-refractivity contribution < 1.29 is 13.2 Å². The van der Waals surface area contributed by atoms with E-state index in [1.165, 1.54) is 15.4 Å². The number of benzene rings is 1. The highest BCUT2D eigenvalue weighted by Crippen LogP contribution is 2.30. The van der Waals surface area contributed by atoms with Crippen LogP contribution >= 0.6 is 15.9 Å². The Morgan fingerprint density at radius 3 is 2.42 bits per heavy atom. The molecule has 0 unspecified atom stereocenters. The van der Waals surface area contributed by atoms with Crippen LogP contribution in [-0.4, -0.2) is 60.0 Å². The van der Waals surface area contributed by atoms with Crippen molar-refractivity contribution in [2.24, 2.45) is 0 Å². The zero-order chi connectivity index (χ0) is 23.6. The van der Waals surface area contributed by atoms with Crippen LogP contribution in [-0.2, 0) is 10.0 Å². The van der Waals surface area contributed by atoms with Gasteiger partial charge in [0.25, 0.3) is 0 Å². The Balaban J connectivity index is 1.66. The summed E-state index contributed by atoms with van der Waals surface area (Å²) in [7, 11) is -3.30. The number of hydrogen-bond acceptors (Lipinski definition) is 6. The standard InChI is InChI=1S/C23H31BrN4O4S/c1-17(2)33(30,31)27-13-11-26(12-14-27)21-16-25-28(19-8-6-7-18(24)15-19)23(29)22(21)32-20-9-4-3-5-10-20/h6-8,15-17,20H,3-5,9-14H2,1-2H3. The van der Waals surface area contributed by atoms with Gasteiger partial charge < -0.3 is 9.64 Å². The molecule has 2 aromatic rings. The predicted molar refractivity (Wildman–Crippen MR) is 133 cm³/mol. The Kier molecular flexibility index (Phi) is 7.45. The van der Waals surface area contributed by atoms with Gasteiger partial charge in [0.1, 0.15) is 5.69 Å². The monoisotopic (exact) mass is 538 g/mol. The molecule has 33 heavy (non-hydrogen) atoms. The minimum Gasteiger partial charge on any atom is -0.483 e. The van der Waals surface area contributed by atoms with Crippen molar-refractivity contribution >= 4 is 31.6 Å². The average Bonchev–Trinajstić information content (AvgIpc) is 2.81. The fraction of sp³-hybridized carbons (Fsp3) is 0.565. The molecule has 0 radical (unpaired) electrons. The molecule has 1 aliphatic heterocycles. The van der Waals surface area contributed by atoms with E-state index in [-0.39, 0.29) is 11.7 Å². The van der Waals surface area contributed by atoms with Crippen LogP contribution in [0, 0.1) is 0 Å². The fourth-order valence-electron chi connectivity index (χ4n) is 4.39. The number of hydrogen-bond donors (Lipinski definition) is 0. The second kappa shape index (κ2) is 10.1. The SMILES string of the molecule is CC(C)S(=O)(=O)N1CCN(c2cnn(-c3cccc(Br)c3)c(=O)c2OC2CCCCC2)CC1. The zero-order valence-corrected chi connectivity index (χ0v) is 21.5. The first-order valence-corrected chi connectivity index (χ1v) is 13.9. The molecule has 0 N–H and O–H groups in total. The van der Waals surface area contributed by atoms with Crippen molar-refractivity contribution in [2.45, 2.75) is 57.3 Å². The van der Waals surface area contributed by atoms with Crippen LogP contribution in [0.3, 0.4) is 0 Å². The van der Waals surface area contributed by atoms with Crippen LogP contribution < -0.4 is 15.2 Å². The molecule has 1 aliphatic carbocycles. The minimum absolute atomic E-state index is 0.00571. The number of rotatable bonds is 6.